The van der Waals surface area contributed by atoms with Crippen molar-refractivity contribution in [2.24, 2.45) is 35.1 Å². The number of aromatic nitrogens is 4. The Hall–Kier alpha value is -6.89. The van der Waals surface area contributed by atoms with Crippen LogP contribution in [0.25, 0.3) is 20.4 Å². The standard InChI is InChI=1S/C29H36N6O4S.C20H29N3S.C9H9N3O5.ClH/c1-16-5-7-23(18-6-8-24-22(11-18)33-28(40-24)20-9-10-34(3)15-17(20)2)35(14-16)29(38)26(37)32-19-12-21(25(30)36)27(39-4)31-13-19;1-13-4-6-17(21-11-13)15-5-7-19-18(10-15)22-20(24-19)16-8-9-23(3)12-14(16)2;1-17-8-5(6(10)13)2-4(3-11-8)12-7(14)9(15)16;/h6,8,11-13,16-17,20,23H,5,7,9-10,14-15H2,1-4H3,(H2,30,36)(H,32,37);5,7,10,13-14,16-17,21H,4,6,8-9,11-12H2,1-3H3;2-3H,1H3,(H2,10,13)(H,12,14)(H,15,16);1H/t16-,17-,20?,23+;13-,14-,16?,17+;;/m00../s1. The van der Waals surface area contributed by atoms with Gasteiger partial charge < -0.3 is 56.7 Å². The molecule has 2 aromatic carbocycles. The van der Waals surface area contributed by atoms with Crippen molar-refractivity contribution in [3.8, 4) is 11.8 Å². The first kappa shape index (κ1) is 62.7. The van der Waals surface area contributed by atoms with E-state index in [9.17, 15) is 28.8 Å². The maximum Gasteiger partial charge on any atom is 0.394 e. The molecule has 8 atom stereocenters. The van der Waals surface area contributed by atoms with Gasteiger partial charge in [0.2, 0.25) is 11.8 Å². The molecule has 24 heteroatoms. The largest absolute Gasteiger partial charge is 0.480 e. The highest BCUT2D eigenvalue weighted by molar-refractivity contribution is 7.19. The molecule has 4 aliphatic heterocycles. The molecule has 5 amide bonds. The van der Waals surface area contributed by atoms with Gasteiger partial charge in [0, 0.05) is 37.5 Å². The first-order valence-corrected chi connectivity index (χ1v) is 29.1. The molecule has 440 valence electrons. The average molecular weight is 1180 g/mol. The van der Waals surface area contributed by atoms with Crippen LogP contribution < -0.4 is 36.9 Å². The number of nitrogens with two attached hydrogens (primary N) is 2. The van der Waals surface area contributed by atoms with Gasteiger partial charge in [-0.1, -0.05) is 39.8 Å². The second kappa shape index (κ2) is 27.9. The number of rotatable bonds is 10. The van der Waals surface area contributed by atoms with Crippen LogP contribution in [0.1, 0.15) is 132 Å². The number of methoxy groups -OCH3 is 2. The predicted octanol–water partition coefficient (Wildman–Crippen LogP) is 7.84. The van der Waals surface area contributed by atoms with Crippen molar-refractivity contribution in [2.45, 2.75) is 90.1 Å². The molecule has 6 aromatic rings. The number of carboxylic acids is 1. The molecule has 8 heterocycles. The summed E-state index contributed by atoms with van der Waals surface area (Å²) in [4.78, 5) is 94.8. The molecule has 4 aromatic heterocycles. The number of hydrogen-bond donors (Lipinski definition) is 6. The molecule has 0 radical (unpaired) electrons. The maximum atomic E-state index is 13.5. The number of anilines is 2. The molecule has 4 saturated heterocycles. The topological polar surface area (TPSA) is 291 Å². The molecule has 0 bridgehead atoms. The minimum Gasteiger partial charge on any atom is -0.480 e. The number of carbonyl (C=O) groups excluding carboxylic acids is 5. The zero-order chi connectivity index (χ0) is 58.2. The number of nitrogens with one attached hydrogen (secondary N) is 3. The number of carbonyl (C=O) groups is 6. The van der Waals surface area contributed by atoms with Crippen LogP contribution in [0, 0.1) is 23.7 Å². The number of halogens is 1. The average Bonchev–Trinajstić information content (AvgIpc) is 4.08. The molecule has 0 spiro atoms. The van der Waals surface area contributed by atoms with Crippen molar-refractivity contribution in [2.75, 3.05) is 78.2 Å². The number of fused-ring (bicyclic) bond motifs is 2. The van der Waals surface area contributed by atoms with E-state index in [-0.39, 0.29) is 58.6 Å². The minimum absolute atomic E-state index is 0. The number of piperidine rings is 4. The van der Waals surface area contributed by atoms with Crippen molar-refractivity contribution in [1.29, 1.82) is 0 Å². The van der Waals surface area contributed by atoms with Gasteiger partial charge in [-0.3, -0.25) is 24.0 Å². The van der Waals surface area contributed by atoms with Gasteiger partial charge in [-0.05, 0) is 143 Å². The van der Waals surface area contributed by atoms with Gasteiger partial charge in [-0.15, -0.1) is 35.1 Å². The highest BCUT2D eigenvalue weighted by Gasteiger charge is 2.36. The van der Waals surface area contributed by atoms with E-state index in [2.05, 4.69) is 109 Å². The lowest BCUT2D eigenvalue weighted by atomic mass is 9.87. The number of aliphatic carboxylic acids is 1. The number of benzene rings is 2. The summed E-state index contributed by atoms with van der Waals surface area (Å²) in [5, 5.41) is 19.2. The minimum atomic E-state index is -1.65. The summed E-state index contributed by atoms with van der Waals surface area (Å²) in [6, 6.07) is 16.0. The van der Waals surface area contributed by atoms with Gasteiger partial charge in [-0.25, -0.2) is 24.7 Å². The fraction of sp³-hybridized carbons (Fsp3) is 0.483. The summed E-state index contributed by atoms with van der Waals surface area (Å²) in [6.45, 7) is 15.2. The predicted molar refractivity (Wildman–Crippen MR) is 320 cm³/mol. The zero-order valence-electron chi connectivity index (χ0n) is 47.6. The van der Waals surface area contributed by atoms with Crippen LogP contribution in [-0.4, -0.2) is 143 Å². The quantitative estimate of drug-likeness (QED) is 0.0712. The van der Waals surface area contributed by atoms with E-state index in [1.165, 1.54) is 90.7 Å². The van der Waals surface area contributed by atoms with E-state index in [4.69, 9.17) is 36.0 Å². The van der Waals surface area contributed by atoms with Gasteiger partial charge in [0.25, 0.3) is 11.8 Å². The van der Waals surface area contributed by atoms with Crippen molar-refractivity contribution in [3.05, 3.63) is 93.2 Å². The number of thiazole rings is 2. The Kier molecular flexibility index (Phi) is 21.4. The van der Waals surface area contributed by atoms with E-state index in [0.717, 1.165) is 66.8 Å². The van der Waals surface area contributed by atoms with E-state index >= 15 is 0 Å². The summed E-state index contributed by atoms with van der Waals surface area (Å²) in [6.07, 6.45) is 9.09. The van der Waals surface area contributed by atoms with Crippen LogP contribution in [0.2, 0.25) is 0 Å². The van der Waals surface area contributed by atoms with E-state index in [1.54, 1.807) is 16.2 Å². The highest BCUT2D eigenvalue weighted by Crippen LogP contribution is 2.41. The zero-order valence-corrected chi connectivity index (χ0v) is 50.1. The van der Waals surface area contributed by atoms with Crippen LogP contribution in [0.15, 0.2) is 60.9 Å². The number of ether oxygens (including phenoxy) is 2. The number of carboxylic acid groups (broad SMARTS) is 1. The number of pyridine rings is 2. The van der Waals surface area contributed by atoms with E-state index < -0.39 is 35.5 Å². The summed E-state index contributed by atoms with van der Waals surface area (Å²) in [7, 11) is 7.06. The molecule has 0 saturated carbocycles. The molecule has 8 N–H and O–H groups in total. The maximum absolute atomic E-state index is 13.5. The molecule has 21 nitrogen and oxygen atoms in total. The fourth-order valence-corrected chi connectivity index (χ4v) is 13.8. The van der Waals surface area contributed by atoms with Crippen molar-refractivity contribution in [1.82, 2.24) is 40.0 Å². The van der Waals surface area contributed by atoms with Crippen molar-refractivity contribution < 1.29 is 43.3 Å². The summed E-state index contributed by atoms with van der Waals surface area (Å²) < 4.78 is 12.3. The molecular weight excluding hydrogens is 1110 g/mol. The van der Waals surface area contributed by atoms with Gasteiger partial charge in [-0.2, -0.15) is 0 Å². The molecule has 82 heavy (non-hydrogen) atoms. The summed E-state index contributed by atoms with van der Waals surface area (Å²) >= 11 is 3.68. The third kappa shape index (κ3) is 15.2. The normalized spacial score (nSPS) is 23.0. The monoisotopic (exact) mass is 1180 g/mol. The molecule has 2 unspecified atom stereocenters. The van der Waals surface area contributed by atoms with E-state index in [0.29, 0.717) is 36.3 Å². The molecule has 4 aliphatic rings. The van der Waals surface area contributed by atoms with Gasteiger partial charge >= 0.3 is 23.7 Å². The van der Waals surface area contributed by atoms with Crippen LogP contribution in [-0.2, 0) is 19.2 Å². The Bertz CT molecular complexity index is 3280. The first-order chi connectivity index (χ1) is 38.7. The lowest BCUT2D eigenvalue weighted by Crippen LogP contribution is -2.46. The van der Waals surface area contributed by atoms with Crippen LogP contribution in [0.5, 0.6) is 11.8 Å². The summed E-state index contributed by atoms with van der Waals surface area (Å²) in [5.41, 5.74) is 15.2. The van der Waals surface area contributed by atoms with Gasteiger partial charge in [0.05, 0.1) is 74.5 Å². The summed E-state index contributed by atoms with van der Waals surface area (Å²) in [5.74, 6) is -2.43. The lowest BCUT2D eigenvalue weighted by molar-refractivity contribution is -0.147. The smallest absolute Gasteiger partial charge is 0.394 e. The van der Waals surface area contributed by atoms with Gasteiger partial charge in [0.15, 0.2) is 0 Å². The fourth-order valence-electron chi connectivity index (χ4n) is 11.3. The van der Waals surface area contributed by atoms with Crippen molar-refractivity contribution >= 4 is 102 Å². The Morgan fingerprint density at radius 1 is 0.646 bits per heavy atom. The van der Waals surface area contributed by atoms with Crippen LogP contribution >= 0.6 is 35.1 Å². The third-order valence-electron chi connectivity index (χ3n) is 15.8. The SMILES string of the molecule is COc1ncc(NC(=O)C(=O)N2C[C@@H](C)CC[C@@H]2c2ccc3sc(C4CCN(C)C[C@@H]4C)nc3c2)cc1C(N)=O.COc1ncc(NC(=O)C(=O)O)cc1C(N)=O.C[C@H]1CC[C@H](c2ccc3sc(C4CCN(C)C[C@@H]4C)nc3c2)NC1.Cl. The molecule has 0 aliphatic carbocycles. The van der Waals surface area contributed by atoms with Crippen LogP contribution in [0.4, 0.5) is 11.4 Å². The number of primary amides is 2. The Morgan fingerprint density at radius 3 is 1.60 bits per heavy atom. The number of hydrogen-bond acceptors (Lipinski definition) is 17. The number of likely N-dealkylation sites (tertiary alicyclic amines) is 3. The molecule has 4 fully saturated rings. The number of nitrogens with zero attached hydrogens (tertiary/aromatic N) is 7. The van der Waals surface area contributed by atoms with Gasteiger partial charge in [0.1, 0.15) is 11.1 Å². The highest BCUT2D eigenvalue weighted by atomic mass is 35.5. The number of amides is 5. The first-order valence-electron chi connectivity index (χ1n) is 27.4. The molecule has 10 rings (SSSR count). The Labute approximate surface area is 491 Å². The third-order valence-corrected chi connectivity index (χ3v) is 18.1. The second-order valence-electron chi connectivity index (χ2n) is 22.1. The van der Waals surface area contributed by atoms with Crippen LogP contribution in [0.3, 0.4) is 0 Å². The van der Waals surface area contributed by atoms with E-state index in [1.807, 2.05) is 16.7 Å². The Morgan fingerprint density at radius 2 is 1.13 bits per heavy atom. The lowest BCUT2D eigenvalue weighted by Gasteiger charge is -2.38. The molecular formula is C58H75ClN12O9S2. The van der Waals surface area contributed by atoms with Crippen molar-refractivity contribution in [3.63, 3.8) is 0 Å². The Balaban J connectivity index is 0.000000195. The second-order valence-corrected chi connectivity index (χ2v) is 24.3.